The molecule has 2 aromatic carbocycles. The lowest BCUT2D eigenvalue weighted by atomic mass is 10.1. The van der Waals surface area contributed by atoms with E-state index in [2.05, 4.69) is 5.32 Å². The van der Waals surface area contributed by atoms with E-state index in [-0.39, 0.29) is 23.0 Å². The monoisotopic (exact) mass is 348 g/mol. The number of nitrogens with zero attached hydrogens (tertiary/aromatic N) is 1. The van der Waals surface area contributed by atoms with Gasteiger partial charge in [0.15, 0.2) is 5.75 Å². The minimum Gasteiger partial charge on any atom is -0.487 e. The van der Waals surface area contributed by atoms with Crippen LogP contribution in [0.3, 0.4) is 0 Å². The third kappa shape index (κ3) is 4.02. The second-order valence-electron chi connectivity index (χ2n) is 5.09. The number of halogens is 1. The summed E-state index contributed by atoms with van der Waals surface area (Å²) in [5, 5.41) is 14.5. The number of nitrogens with one attached hydrogen (secondary N) is 1. The topological polar surface area (TPSA) is 81.5 Å². The fourth-order valence-electron chi connectivity index (χ4n) is 2.26. The molecule has 0 heterocycles. The van der Waals surface area contributed by atoms with Gasteiger partial charge in [0, 0.05) is 16.7 Å². The number of ether oxygens (including phenoxy) is 1. The molecule has 24 heavy (non-hydrogen) atoms. The van der Waals surface area contributed by atoms with Crippen molar-refractivity contribution in [3.63, 3.8) is 0 Å². The van der Waals surface area contributed by atoms with Crippen molar-refractivity contribution in [1.82, 2.24) is 5.32 Å². The highest BCUT2D eigenvalue weighted by molar-refractivity contribution is 6.31. The summed E-state index contributed by atoms with van der Waals surface area (Å²) in [6.45, 7) is 3.83. The summed E-state index contributed by atoms with van der Waals surface area (Å²) >= 11 is 6.11. The van der Waals surface area contributed by atoms with E-state index < -0.39 is 10.8 Å². The molecule has 0 aliphatic carbocycles. The molecule has 126 valence electrons. The number of amides is 1. The lowest BCUT2D eigenvalue weighted by molar-refractivity contribution is -0.385. The summed E-state index contributed by atoms with van der Waals surface area (Å²) in [6.07, 6.45) is 0. The van der Waals surface area contributed by atoms with Crippen LogP contribution in [0, 0.1) is 10.1 Å². The van der Waals surface area contributed by atoms with Gasteiger partial charge in [0.05, 0.1) is 17.6 Å². The van der Waals surface area contributed by atoms with E-state index in [0.717, 1.165) is 5.56 Å². The molecule has 2 rings (SSSR count). The molecule has 1 unspecified atom stereocenters. The van der Waals surface area contributed by atoms with Gasteiger partial charge in [-0.25, -0.2) is 0 Å². The first-order valence-electron chi connectivity index (χ1n) is 7.40. The van der Waals surface area contributed by atoms with E-state index in [1.165, 1.54) is 18.2 Å². The number of carbonyl (C=O) groups excluding carboxylic acids is 1. The zero-order chi connectivity index (χ0) is 17.7. The molecule has 1 amide bonds. The van der Waals surface area contributed by atoms with Crippen LogP contribution in [-0.4, -0.2) is 17.4 Å². The highest BCUT2D eigenvalue weighted by Gasteiger charge is 2.20. The third-order valence-corrected chi connectivity index (χ3v) is 3.78. The van der Waals surface area contributed by atoms with Crippen LogP contribution in [0.15, 0.2) is 42.5 Å². The van der Waals surface area contributed by atoms with E-state index in [0.29, 0.717) is 11.6 Å². The van der Waals surface area contributed by atoms with Crippen LogP contribution < -0.4 is 10.1 Å². The molecule has 0 bridgehead atoms. The molecule has 0 fully saturated rings. The molecular weight excluding hydrogens is 332 g/mol. The molecule has 0 aliphatic rings. The molecular formula is C17H17ClN2O4. The Hall–Kier alpha value is -2.60. The van der Waals surface area contributed by atoms with Crippen LogP contribution >= 0.6 is 11.6 Å². The van der Waals surface area contributed by atoms with Crippen LogP contribution in [0.5, 0.6) is 5.75 Å². The van der Waals surface area contributed by atoms with Gasteiger partial charge in [-0.05, 0) is 37.6 Å². The number of carbonyl (C=O) groups is 1. The summed E-state index contributed by atoms with van der Waals surface area (Å²) < 4.78 is 5.21. The second kappa shape index (κ2) is 7.79. The second-order valence-corrected chi connectivity index (χ2v) is 5.50. The van der Waals surface area contributed by atoms with Crippen molar-refractivity contribution in [3.05, 3.63) is 68.7 Å². The molecule has 0 spiro atoms. The average Bonchev–Trinajstić information content (AvgIpc) is 2.55. The molecule has 0 saturated heterocycles. The van der Waals surface area contributed by atoms with Gasteiger partial charge < -0.3 is 10.1 Å². The lowest BCUT2D eigenvalue weighted by Gasteiger charge is -2.16. The Balaban J connectivity index is 2.22. The van der Waals surface area contributed by atoms with Crippen molar-refractivity contribution in [2.45, 2.75) is 19.9 Å². The van der Waals surface area contributed by atoms with Crippen LogP contribution in [0.2, 0.25) is 5.02 Å². The Morgan fingerprint density at radius 3 is 2.67 bits per heavy atom. The van der Waals surface area contributed by atoms with Crippen molar-refractivity contribution in [2.24, 2.45) is 0 Å². The van der Waals surface area contributed by atoms with Gasteiger partial charge >= 0.3 is 5.69 Å². The predicted molar refractivity (Wildman–Crippen MR) is 91.6 cm³/mol. The quantitative estimate of drug-likeness (QED) is 0.628. The van der Waals surface area contributed by atoms with Crippen molar-refractivity contribution in [2.75, 3.05) is 6.61 Å². The predicted octanol–water partition coefficient (Wildman–Crippen LogP) is 4.14. The zero-order valence-electron chi connectivity index (χ0n) is 13.3. The molecule has 7 heteroatoms. The average molecular weight is 349 g/mol. The summed E-state index contributed by atoms with van der Waals surface area (Å²) in [7, 11) is 0. The van der Waals surface area contributed by atoms with E-state index in [4.69, 9.17) is 16.3 Å². The molecule has 6 nitrogen and oxygen atoms in total. The van der Waals surface area contributed by atoms with Gasteiger partial charge in [-0.3, -0.25) is 14.9 Å². The number of hydrogen-bond donors (Lipinski definition) is 1. The van der Waals surface area contributed by atoms with Gasteiger partial charge in [0.25, 0.3) is 5.91 Å². The number of hydrogen-bond acceptors (Lipinski definition) is 4. The first-order valence-corrected chi connectivity index (χ1v) is 7.78. The number of rotatable bonds is 6. The van der Waals surface area contributed by atoms with Crippen LogP contribution in [0.1, 0.15) is 35.8 Å². The Labute approximate surface area is 144 Å². The normalized spacial score (nSPS) is 11.6. The molecule has 1 N–H and O–H groups in total. The minimum atomic E-state index is -0.570. The van der Waals surface area contributed by atoms with Crippen molar-refractivity contribution >= 4 is 23.2 Å². The Bertz CT molecular complexity index is 764. The highest BCUT2D eigenvalue weighted by Crippen LogP contribution is 2.28. The largest absolute Gasteiger partial charge is 0.487 e. The number of nitro groups is 1. The Kier molecular flexibility index (Phi) is 5.76. The van der Waals surface area contributed by atoms with E-state index in [1.54, 1.807) is 26.0 Å². The smallest absolute Gasteiger partial charge is 0.311 e. The number of benzene rings is 2. The van der Waals surface area contributed by atoms with Crippen LogP contribution in [0.4, 0.5) is 5.69 Å². The molecule has 0 aromatic heterocycles. The SMILES string of the molecule is CCOc1ccc(C(=O)NC(C)c2ccccc2Cl)cc1[N+](=O)[O-]. The maximum absolute atomic E-state index is 12.4. The fourth-order valence-corrected chi connectivity index (χ4v) is 2.56. The standard InChI is InChI=1S/C17H17ClN2O4/c1-3-24-16-9-8-12(10-15(16)20(22)23)17(21)19-11(2)13-6-4-5-7-14(13)18/h4-11H,3H2,1-2H3,(H,19,21). The molecule has 0 saturated carbocycles. The van der Waals surface area contributed by atoms with E-state index >= 15 is 0 Å². The molecule has 0 aliphatic heterocycles. The van der Waals surface area contributed by atoms with Crippen molar-refractivity contribution < 1.29 is 14.5 Å². The van der Waals surface area contributed by atoms with Gasteiger partial charge in [-0.15, -0.1) is 0 Å². The fraction of sp³-hybridized carbons (Fsp3) is 0.235. The first kappa shape index (κ1) is 17.7. The summed E-state index contributed by atoms with van der Waals surface area (Å²) in [6, 6.07) is 11.0. The van der Waals surface area contributed by atoms with E-state index in [9.17, 15) is 14.9 Å². The number of nitro benzene ring substituents is 1. The molecule has 0 radical (unpaired) electrons. The van der Waals surface area contributed by atoms with Crippen LogP contribution in [-0.2, 0) is 0 Å². The van der Waals surface area contributed by atoms with Crippen LogP contribution in [0.25, 0.3) is 0 Å². The summed E-state index contributed by atoms with van der Waals surface area (Å²) in [5.74, 6) is -0.285. The maximum atomic E-state index is 12.4. The molecule has 1 atom stereocenters. The molecule has 2 aromatic rings. The zero-order valence-corrected chi connectivity index (χ0v) is 14.0. The summed E-state index contributed by atoms with van der Waals surface area (Å²) in [5.41, 5.74) is 0.715. The lowest BCUT2D eigenvalue weighted by Crippen LogP contribution is -2.26. The minimum absolute atomic E-state index is 0.137. The summed E-state index contributed by atoms with van der Waals surface area (Å²) in [4.78, 5) is 22.9. The Morgan fingerprint density at radius 1 is 1.33 bits per heavy atom. The van der Waals surface area contributed by atoms with Gasteiger partial charge in [0.2, 0.25) is 0 Å². The Morgan fingerprint density at radius 2 is 2.04 bits per heavy atom. The van der Waals surface area contributed by atoms with Gasteiger partial charge in [-0.1, -0.05) is 29.8 Å². The first-order chi connectivity index (χ1) is 11.4. The van der Waals surface area contributed by atoms with Crippen molar-refractivity contribution in [3.8, 4) is 5.75 Å². The van der Waals surface area contributed by atoms with Crippen molar-refractivity contribution in [1.29, 1.82) is 0 Å². The van der Waals surface area contributed by atoms with Gasteiger partial charge in [0.1, 0.15) is 0 Å². The maximum Gasteiger partial charge on any atom is 0.311 e. The van der Waals surface area contributed by atoms with E-state index in [1.807, 2.05) is 12.1 Å². The highest BCUT2D eigenvalue weighted by atomic mass is 35.5. The van der Waals surface area contributed by atoms with Gasteiger partial charge in [-0.2, -0.15) is 0 Å². The third-order valence-electron chi connectivity index (χ3n) is 3.44.